The van der Waals surface area contributed by atoms with Crippen LogP contribution in [0.25, 0.3) is 0 Å². The Morgan fingerprint density at radius 1 is 1.03 bits per heavy atom. The van der Waals surface area contributed by atoms with Gasteiger partial charge in [-0.3, -0.25) is 14.4 Å². The van der Waals surface area contributed by atoms with Crippen molar-refractivity contribution in [2.75, 3.05) is 13.1 Å². The van der Waals surface area contributed by atoms with Crippen LogP contribution >= 0.6 is 15.9 Å². The van der Waals surface area contributed by atoms with Crippen molar-refractivity contribution in [3.63, 3.8) is 0 Å². The van der Waals surface area contributed by atoms with Gasteiger partial charge in [-0.1, -0.05) is 52.3 Å². The first-order valence-electron chi connectivity index (χ1n) is 12.4. The van der Waals surface area contributed by atoms with Gasteiger partial charge < -0.3 is 15.3 Å². The minimum atomic E-state index is -3.93. The number of phenolic OH excluding ortho intramolecular Hbond substituents is 1. The standard InChI is InChI=1S/C28H26BrN3O6S/c29-20-6-4-5-19(16-20)27(35)30-23(15-18-9-11-21(33)12-10-18)28(36)31-14-13-24-26(31)25(34)17-32(24)39(37,38)22-7-2-1-3-8-22/h1-12,16,23-24,26,33H,13-15,17H2,(H,30,35)/t23-,24?,26?/m0/s1. The number of ketones is 1. The Labute approximate surface area is 234 Å². The number of sulfonamides is 1. The number of nitrogens with zero attached hydrogens (tertiary/aromatic N) is 2. The summed E-state index contributed by atoms with van der Waals surface area (Å²) in [6, 6.07) is 18.3. The van der Waals surface area contributed by atoms with Gasteiger partial charge in [-0.05, 0) is 54.4 Å². The summed E-state index contributed by atoms with van der Waals surface area (Å²) < 4.78 is 28.5. The Balaban J connectivity index is 1.41. The van der Waals surface area contributed by atoms with E-state index >= 15 is 0 Å². The number of rotatable bonds is 7. The molecule has 2 N–H and O–H groups in total. The molecule has 5 rings (SSSR count). The van der Waals surface area contributed by atoms with Crippen molar-refractivity contribution in [1.29, 1.82) is 0 Å². The molecule has 2 amide bonds. The number of halogens is 1. The van der Waals surface area contributed by atoms with Crippen LogP contribution in [0.5, 0.6) is 5.75 Å². The average Bonchev–Trinajstić information content (AvgIpc) is 3.51. The van der Waals surface area contributed by atoms with Gasteiger partial charge in [-0.25, -0.2) is 8.42 Å². The van der Waals surface area contributed by atoms with Crippen LogP contribution in [0.2, 0.25) is 0 Å². The molecule has 0 spiro atoms. The van der Waals surface area contributed by atoms with Crippen molar-refractivity contribution >= 4 is 43.6 Å². The van der Waals surface area contributed by atoms with Crippen LogP contribution in [-0.2, 0) is 26.0 Å². The van der Waals surface area contributed by atoms with E-state index in [0.29, 0.717) is 22.0 Å². The molecule has 2 saturated heterocycles. The molecular weight excluding hydrogens is 586 g/mol. The largest absolute Gasteiger partial charge is 0.508 e. The van der Waals surface area contributed by atoms with Crippen LogP contribution in [-0.4, -0.2) is 71.5 Å². The minimum absolute atomic E-state index is 0.0680. The third kappa shape index (κ3) is 5.47. The van der Waals surface area contributed by atoms with Crippen LogP contribution in [0.4, 0.5) is 0 Å². The quantitative estimate of drug-likeness (QED) is 0.423. The van der Waals surface area contributed by atoms with Gasteiger partial charge in [0.1, 0.15) is 17.8 Å². The van der Waals surface area contributed by atoms with Crippen LogP contribution in [0.15, 0.2) is 88.2 Å². The summed E-state index contributed by atoms with van der Waals surface area (Å²) in [6.07, 6.45) is 0.423. The fourth-order valence-electron chi connectivity index (χ4n) is 5.21. The number of carbonyl (C=O) groups is 3. The second-order valence-electron chi connectivity index (χ2n) is 9.57. The molecule has 2 unspecified atom stereocenters. The molecule has 2 aliphatic rings. The average molecular weight is 613 g/mol. The number of nitrogens with one attached hydrogen (secondary N) is 1. The highest BCUT2D eigenvalue weighted by Crippen LogP contribution is 2.34. The predicted molar refractivity (Wildman–Crippen MR) is 146 cm³/mol. The van der Waals surface area contributed by atoms with Gasteiger partial charge in [-0.15, -0.1) is 0 Å². The number of hydrogen-bond donors (Lipinski definition) is 2. The number of likely N-dealkylation sites (tertiary alicyclic amines) is 1. The van der Waals surface area contributed by atoms with E-state index in [0.717, 1.165) is 0 Å². The van der Waals surface area contributed by atoms with Gasteiger partial charge in [-0.2, -0.15) is 4.31 Å². The van der Waals surface area contributed by atoms with E-state index in [4.69, 9.17) is 0 Å². The minimum Gasteiger partial charge on any atom is -0.508 e. The fourth-order valence-corrected chi connectivity index (χ4v) is 7.25. The van der Waals surface area contributed by atoms with Crippen LogP contribution in [0, 0.1) is 0 Å². The zero-order valence-electron chi connectivity index (χ0n) is 20.7. The lowest BCUT2D eigenvalue weighted by Gasteiger charge is -2.28. The molecule has 3 aromatic rings. The van der Waals surface area contributed by atoms with Crippen LogP contribution in [0.1, 0.15) is 22.3 Å². The molecule has 11 heteroatoms. The van der Waals surface area contributed by atoms with E-state index < -0.39 is 40.0 Å². The van der Waals surface area contributed by atoms with Gasteiger partial charge in [0.05, 0.1) is 17.5 Å². The van der Waals surface area contributed by atoms with Gasteiger partial charge in [0, 0.05) is 23.0 Å². The number of benzene rings is 3. The Hall–Kier alpha value is -3.54. The van der Waals surface area contributed by atoms with Gasteiger partial charge >= 0.3 is 0 Å². The summed E-state index contributed by atoms with van der Waals surface area (Å²) in [6.45, 7) is -0.136. The molecule has 0 bridgehead atoms. The SMILES string of the molecule is O=C(N[C@@H](Cc1ccc(O)cc1)C(=O)N1CCC2C1C(=O)CN2S(=O)(=O)c1ccccc1)c1cccc(Br)c1. The maximum absolute atomic E-state index is 13.9. The molecule has 0 saturated carbocycles. The Morgan fingerprint density at radius 3 is 2.44 bits per heavy atom. The van der Waals surface area contributed by atoms with Crippen molar-refractivity contribution in [3.8, 4) is 5.75 Å². The third-order valence-corrected chi connectivity index (χ3v) is 9.46. The maximum Gasteiger partial charge on any atom is 0.251 e. The van der Waals surface area contributed by atoms with Gasteiger partial charge in [0.2, 0.25) is 15.9 Å². The van der Waals surface area contributed by atoms with Crippen molar-refractivity contribution in [1.82, 2.24) is 14.5 Å². The number of phenols is 1. The highest BCUT2D eigenvalue weighted by Gasteiger charge is 2.54. The summed E-state index contributed by atoms with van der Waals surface area (Å²) in [5, 5.41) is 12.5. The normalized spacial score (nSPS) is 20.0. The van der Waals surface area contributed by atoms with E-state index in [1.807, 2.05) is 0 Å². The van der Waals surface area contributed by atoms with Crippen LogP contribution < -0.4 is 5.32 Å². The monoisotopic (exact) mass is 611 g/mol. The summed E-state index contributed by atoms with van der Waals surface area (Å²) in [5.41, 5.74) is 1.05. The number of Topliss-reactive ketones (excluding diaryl/α,β-unsaturated/α-hetero) is 1. The highest BCUT2D eigenvalue weighted by molar-refractivity contribution is 9.10. The first-order chi connectivity index (χ1) is 18.6. The van der Waals surface area contributed by atoms with Gasteiger partial charge in [0.15, 0.2) is 5.78 Å². The molecule has 3 aromatic carbocycles. The second-order valence-corrected chi connectivity index (χ2v) is 12.4. The Kier molecular flexibility index (Phi) is 7.57. The van der Waals surface area contributed by atoms with Crippen molar-refractivity contribution in [3.05, 3.63) is 94.5 Å². The molecule has 9 nitrogen and oxygen atoms in total. The van der Waals surface area contributed by atoms with Crippen molar-refractivity contribution in [2.24, 2.45) is 0 Å². The Bertz CT molecular complexity index is 1510. The molecule has 0 aromatic heterocycles. The number of fused-ring (bicyclic) bond motifs is 1. The number of carbonyl (C=O) groups excluding carboxylic acids is 3. The highest BCUT2D eigenvalue weighted by atomic mass is 79.9. The summed E-state index contributed by atoms with van der Waals surface area (Å²) in [4.78, 5) is 41.6. The van der Waals surface area contributed by atoms with E-state index in [1.165, 1.54) is 33.5 Å². The lowest BCUT2D eigenvalue weighted by Crippen LogP contribution is -2.53. The maximum atomic E-state index is 13.9. The Morgan fingerprint density at radius 2 is 1.74 bits per heavy atom. The topological polar surface area (TPSA) is 124 Å². The zero-order chi connectivity index (χ0) is 27.7. The summed E-state index contributed by atoms with van der Waals surface area (Å²) in [7, 11) is -3.93. The molecule has 2 aliphatic heterocycles. The smallest absolute Gasteiger partial charge is 0.251 e. The lowest BCUT2D eigenvalue weighted by atomic mass is 10.0. The molecule has 2 fully saturated rings. The zero-order valence-corrected chi connectivity index (χ0v) is 23.1. The first-order valence-corrected chi connectivity index (χ1v) is 14.6. The molecular formula is C28H26BrN3O6S. The van der Waals surface area contributed by atoms with E-state index in [2.05, 4.69) is 21.2 Å². The van der Waals surface area contributed by atoms with Crippen molar-refractivity contribution < 1.29 is 27.9 Å². The molecule has 202 valence electrons. The lowest BCUT2D eigenvalue weighted by molar-refractivity contribution is -0.138. The summed E-state index contributed by atoms with van der Waals surface area (Å²) >= 11 is 3.35. The predicted octanol–water partition coefficient (Wildman–Crippen LogP) is 2.74. The fraction of sp³-hybridized carbons (Fsp3) is 0.250. The first kappa shape index (κ1) is 27.0. The number of hydrogen-bond acceptors (Lipinski definition) is 6. The van der Waals surface area contributed by atoms with E-state index in [1.54, 1.807) is 54.6 Å². The van der Waals surface area contributed by atoms with Crippen LogP contribution in [0.3, 0.4) is 0 Å². The summed E-state index contributed by atoms with van der Waals surface area (Å²) in [5.74, 6) is -1.22. The van der Waals surface area contributed by atoms with E-state index in [-0.39, 0.29) is 35.9 Å². The number of amides is 2. The molecule has 0 radical (unpaired) electrons. The van der Waals surface area contributed by atoms with E-state index in [9.17, 15) is 27.9 Å². The van der Waals surface area contributed by atoms with Gasteiger partial charge in [0.25, 0.3) is 5.91 Å². The van der Waals surface area contributed by atoms with Crippen molar-refractivity contribution in [2.45, 2.75) is 35.9 Å². The second kappa shape index (κ2) is 10.9. The molecule has 3 atom stereocenters. The molecule has 2 heterocycles. The molecule has 0 aliphatic carbocycles. The molecule has 39 heavy (non-hydrogen) atoms. The third-order valence-electron chi connectivity index (χ3n) is 7.08. The number of aromatic hydroxyl groups is 1.